The lowest BCUT2D eigenvalue weighted by molar-refractivity contribution is 1.18. The highest BCUT2D eigenvalue weighted by molar-refractivity contribution is 7.27. The van der Waals surface area contributed by atoms with Gasteiger partial charge in [0.15, 0.2) is 0 Å². The standard InChI is InChI=1S/C46H29NS/c1-3-11-30(12-4-1)34-27-35(31-13-5-2-6-14-31)29-36(28-34)32-19-22-37(23-20-32)47-41-18-10-9-17-39(41)44-42(47)25-26-43-45(44)40-24-21-33-15-7-8-16-38(33)46(40)48-43/h1-29H. The number of hydrogen-bond donors (Lipinski definition) is 0. The van der Waals surface area contributed by atoms with Crippen molar-refractivity contribution in [1.29, 1.82) is 0 Å². The predicted octanol–water partition coefficient (Wildman–Crippen LogP) is 13.3. The van der Waals surface area contributed by atoms with Crippen LogP contribution in [0.1, 0.15) is 0 Å². The van der Waals surface area contributed by atoms with Gasteiger partial charge in [-0.05, 0) is 92.7 Å². The molecular formula is C46H29NS. The van der Waals surface area contributed by atoms with Crippen molar-refractivity contribution >= 4 is 64.1 Å². The van der Waals surface area contributed by atoms with E-state index in [1.807, 2.05) is 11.3 Å². The number of hydrogen-bond acceptors (Lipinski definition) is 1. The van der Waals surface area contributed by atoms with Crippen molar-refractivity contribution < 1.29 is 0 Å². The minimum atomic E-state index is 1.16. The normalized spacial score (nSPS) is 11.8. The SMILES string of the molecule is c1ccc(-c2cc(-c3ccccc3)cc(-c3ccc(-n4c5ccccc5c5c6c(ccc54)sc4c5ccccc5ccc46)cc3)c2)cc1. The highest BCUT2D eigenvalue weighted by Gasteiger charge is 2.18. The van der Waals surface area contributed by atoms with Crippen LogP contribution >= 0.6 is 11.3 Å². The molecule has 10 aromatic rings. The summed E-state index contributed by atoms with van der Waals surface area (Å²) in [5.74, 6) is 0. The Bertz CT molecular complexity index is 2750. The fraction of sp³-hybridized carbons (Fsp3) is 0. The molecule has 0 saturated carbocycles. The van der Waals surface area contributed by atoms with E-state index < -0.39 is 0 Å². The molecular weight excluding hydrogens is 599 g/mol. The summed E-state index contributed by atoms with van der Waals surface area (Å²) in [5.41, 5.74) is 10.9. The van der Waals surface area contributed by atoms with Crippen molar-refractivity contribution in [2.75, 3.05) is 0 Å². The Morgan fingerprint density at radius 3 is 1.62 bits per heavy atom. The largest absolute Gasteiger partial charge is 0.309 e. The molecule has 0 fully saturated rings. The van der Waals surface area contributed by atoms with Gasteiger partial charge in [0.05, 0.1) is 11.0 Å². The van der Waals surface area contributed by atoms with Crippen molar-refractivity contribution in [2.24, 2.45) is 0 Å². The highest BCUT2D eigenvalue weighted by atomic mass is 32.1. The quantitative estimate of drug-likeness (QED) is 0.183. The first-order valence-corrected chi connectivity index (χ1v) is 17.2. The van der Waals surface area contributed by atoms with Crippen molar-refractivity contribution in [3.63, 3.8) is 0 Å². The van der Waals surface area contributed by atoms with Crippen LogP contribution in [-0.4, -0.2) is 4.57 Å². The number of thiophene rings is 1. The van der Waals surface area contributed by atoms with E-state index in [2.05, 4.69) is 180 Å². The molecule has 0 bridgehead atoms. The number of para-hydroxylation sites is 1. The lowest BCUT2D eigenvalue weighted by Crippen LogP contribution is -1.94. The second kappa shape index (κ2) is 10.8. The van der Waals surface area contributed by atoms with Gasteiger partial charge in [0, 0.05) is 36.6 Å². The maximum atomic E-state index is 2.44. The molecule has 2 heteroatoms. The molecule has 1 nitrogen and oxygen atoms in total. The molecule has 0 atom stereocenters. The molecule has 2 heterocycles. The van der Waals surface area contributed by atoms with Crippen LogP contribution in [0.2, 0.25) is 0 Å². The van der Waals surface area contributed by atoms with Gasteiger partial charge in [-0.25, -0.2) is 0 Å². The molecule has 8 aromatic carbocycles. The number of fused-ring (bicyclic) bond motifs is 9. The molecule has 0 amide bonds. The summed E-state index contributed by atoms with van der Waals surface area (Å²) in [6, 6.07) is 64.3. The maximum Gasteiger partial charge on any atom is 0.0548 e. The van der Waals surface area contributed by atoms with Gasteiger partial charge >= 0.3 is 0 Å². The molecule has 0 N–H and O–H groups in total. The predicted molar refractivity (Wildman–Crippen MR) is 207 cm³/mol. The van der Waals surface area contributed by atoms with Crippen LogP contribution < -0.4 is 0 Å². The van der Waals surface area contributed by atoms with Crippen LogP contribution in [0.4, 0.5) is 0 Å². The minimum Gasteiger partial charge on any atom is -0.309 e. The van der Waals surface area contributed by atoms with Crippen molar-refractivity contribution in [2.45, 2.75) is 0 Å². The third-order valence-corrected chi connectivity index (χ3v) is 11.0. The summed E-state index contributed by atoms with van der Waals surface area (Å²) < 4.78 is 5.14. The monoisotopic (exact) mass is 627 g/mol. The lowest BCUT2D eigenvalue weighted by atomic mass is 9.93. The molecule has 0 radical (unpaired) electrons. The van der Waals surface area contributed by atoms with Crippen LogP contribution in [0.3, 0.4) is 0 Å². The number of benzene rings is 8. The van der Waals surface area contributed by atoms with Gasteiger partial charge < -0.3 is 4.57 Å². The maximum absolute atomic E-state index is 2.44. The van der Waals surface area contributed by atoms with E-state index in [1.165, 1.54) is 86.1 Å². The Balaban J connectivity index is 1.15. The zero-order valence-corrected chi connectivity index (χ0v) is 26.9. The zero-order chi connectivity index (χ0) is 31.6. The van der Waals surface area contributed by atoms with Gasteiger partial charge in [-0.15, -0.1) is 11.3 Å². The minimum absolute atomic E-state index is 1.16. The molecule has 0 saturated heterocycles. The molecule has 224 valence electrons. The first kappa shape index (κ1) is 27.2. The molecule has 0 aliphatic carbocycles. The highest BCUT2D eigenvalue weighted by Crippen LogP contribution is 2.45. The van der Waals surface area contributed by atoms with E-state index in [9.17, 15) is 0 Å². The van der Waals surface area contributed by atoms with E-state index in [-0.39, 0.29) is 0 Å². The summed E-state index contributed by atoms with van der Waals surface area (Å²) >= 11 is 1.91. The van der Waals surface area contributed by atoms with E-state index in [0.717, 1.165) is 5.69 Å². The molecule has 0 unspecified atom stereocenters. The van der Waals surface area contributed by atoms with Gasteiger partial charge in [0.1, 0.15) is 0 Å². The molecule has 10 rings (SSSR count). The fourth-order valence-corrected chi connectivity index (χ4v) is 8.77. The topological polar surface area (TPSA) is 4.93 Å². The third-order valence-electron chi connectivity index (χ3n) is 9.77. The molecule has 0 aliphatic rings. The van der Waals surface area contributed by atoms with Gasteiger partial charge in [-0.2, -0.15) is 0 Å². The van der Waals surface area contributed by atoms with Crippen LogP contribution in [-0.2, 0) is 0 Å². The molecule has 48 heavy (non-hydrogen) atoms. The summed E-state index contributed by atoms with van der Waals surface area (Å²) in [5, 5.41) is 7.94. The van der Waals surface area contributed by atoms with Crippen LogP contribution in [0.5, 0.6) is 0 Å². The molecule has 0 spiro atoms. The Labute approximate surface area is 282 Å². The Kier molecular flexibility index (Phi) is 6.12. The number of rotatable bonds is 4. The molecule has 2 aromatic heterocycles. The van der Waals surface area contributed by atoms with Crippen molar-refractivity contribution in [1.82, 2.24) is 4.57 Å². The fourth-order valence-electron chi connectivity index (χ4n) is 7.52. The molecule has 0 aliphatic heterocycles. The van der Waals surface area contributed by atoms with Crippen molar-refractivity contribution in [3.05, 3.63) is 176 Å². The summed E-state index contributed by atoms with van der Waals surface area (Å²) in [6.45, 7) is 0. The van der Waals surface area contributed by atoms with Gasteiger partial charge in [0.25, 0.3) is 0 Å². The Morgan fingerprint density at radius 1 is 0.354 bits per heavy atom. The van der Waals surface area contributed by atoms with E-state index >= 15 is 0 Å². The average Bonchev–Trinajstić information content (AvgIpc) is 3.71. The zero-order valence-electron chi connectivity index (χ0n) is 26.1. The van der Waals surface area contributed by atoms with E-state index in [0.29, 0.717) is 0 Å². The first-order chi connectivity index (χ1) is 23.8. The van der Waals surface area contributed by atoms with Gasteiger partial charge in [0.2, 0.25) is 0 Å². The van der Waals surface area contributed by atoms with Crippen LogP contribution in [0.25, 0.3) is 91.8 Å². The van der Waals surface area contributed by atoms with Crippen LogP contribution in [0.15, 0.2) is 176 Å². The smallest absolute Gasteiger partial charge is 0.0548 e. The number of aromatic nitrogens is 1. The van der Waals surface area contributed by atoms with Crippen LogP contribution in [0, 0.1) is 0 Å². The van der Waals surface area contributed by atoms with E-state index in [1.54, 1.807) is 0 Å². The van der Waals surface area contributed by atoms with Gasteiger partial charge in [-0.1, -0.05) is 127 Å². The Hall–Kier alpha value is -5.96. The summed E-state index contributed by atoms with van der Waals surface area (Å²) in [6.07, 6.45) is 0. The second-order valence-electron chi connectivity index (χ2n) is 12.5. The van der Waals surface area contributed by atoms with Gasteiger partial charge in [-0.3, -0.25) is 0 Å². The lowest BCUT2D eigenvalue weighted by Gasteiger charge is -2.13. The summed E-state index contributed by atoms with van der Waals surface area (Å²) in [4.78, 5) is 0. The second-order valence-corrected chi connectivity index (χ2v) is 13.6. The third kappa shape index (κ3) is 4.24. The Morgan fingerprint density at radius 2 is 0.938 bits per heavy atom. The number of nitrogens with zero attached hydrogens (tertiary/aromatic N) is 1. The average molecular weight is 628 g/mol. The van der Waals surface area contributed by atoms with E-state index in [4.69, 9.17) is 0 Å². The first-order valence-electron chi connectivity index (χ1n) is 16.4. The summed E-state index contributed by atoms with van der Waals surface area (Å²) in [7, 11) is 0. The van der Waals surface area contributed by atoms with Crippen molar-refractivity contribution in [3.8, 4) is 39.1 Å².